The van der Waals surface area contributed by atoms with Gasteiger partial charge in [0.05, 0.1) is 25.9 Å². The van der Waals surface area contributed by atoms with E-state index in [1.165, 1.54) is 109 Å². The molecule has 0 amide bonds. The van der Waals surface area contributed by atoms with Crippen molar-refractivity contribution in [3.63, 3.8) is 0 Å². The number of allylic oxidation sites excluding steroid dienone is 2. The van der Waals surface area contributed by atoms with E-state index in [1.807, 2.05) is 0 Å². The van der Waals surface area contributed by atoms with Crippen LogP contribution < -0.4 is 0 Å². The zero-order valence-corrected chi connectivity index (χ0v) is 17.7. The Kier molecular flexibility index (Phi) is 17.7. The normalized spacial score (nSPS) is 19.8. The molecule has 1 atom stereocenters. The molecule has 2 heteroatoms. The van der Waals surface area contributed by atoms with Gasteiger partial charge in [-0.25, -0.2) is 0 Å². The van der Waals surface area contributed by atoms with E-state index in [1.54, 1.807) is 0 Å². The van der Waals surface area contributed by atoms with E-state index in [9.17, 15) is 0 Å². The minimum Gasteiger partial charge on any atom is -0.377 e. The molecule has 154 valence electrons. The van der Waals surface area contributed by atoms with Crippen molar-refractivity contribution in [2.24, 2.45) is 0 Å². The third kappa shape index (κ3) is 21.7. The second kappa shape index (κ2) is 19.4. The van der Waals surface area contributed by atoms with Crippen LogP contribution in [0.5, 0.6) is 0 Å². The molecule has 0 saturated carbocycles. The van der Waals surface area contributed by atoms with E-state index >= 15 is 0 Å². The van der Waals surface area contributed by atoms with Crippen LogP contribution >= 0.6 is 0 Å². The molecular formula is C24H46O2. The van der Waals surface area contributed by atoms with Gasteiger partial charge in [-0.05, 0) is 32.1 Å². The van der Waals surface area contributed by atoms with E-state index in [0.717, 1.165) is 19.8 Å². The highest BCUT2D eigenvalue weighted by molar-refractivity contribution is 4.85. The summed E-state index contributed by atoms with van der Waals surface area (Å²) in [6, 6.07) is 0. The SMILES string of the molecule is C1=CCCCC1.C1CO1.CCCCCCCCCCCCCCC1CO1. The molecule has 0 aromatic rings. The molecule has 1 aliphatic carbocycles. The second-order valence-electron chi connectivity index (χ2n) is 8.00. The maximum absolute atomic E-state index is 5.21. The fourth-order valence-electron chi connectivity index (χ4n) is 3.21. The van der Waals surface area contributed by atoms with Gasteiger partial charge in [0.25, 0.3) is 0 Å². The van der Waals surface area contributed by atoms with Crippen molar-refractivity contribution in [1.29, 1.82) is 0 Å². The van der Waals surface area contributed by atoms with Crippen molar-refractivity contribution in [2.75, 3.05) is 19.8 Å². The quantitative estimate of drug-likeness (QED) is 0.190. The fraction of sp³-hybridized carbons (Fsp3) is 0.917. The van der Waals surface area contributed by atoms with Crippen molar-refractivity contribution >= 4 is 0 Å². The molecule has 0 aromatic heterocycles. The summed E-state index contributed by atoms with van der Waals surface area (Å²) in [7, 11) is 0. The topological polar surface area (TPSA) is 25.1 Å². The maximum atomic E-state index is 5.21. The third-order valence-electron chi connectivity index (χ3n) is 5.14. The Morgan fingerprint density at radius 2 is 1.12 bits per heavy atom. The molecule has 3 aliphatic rings. The van der Waals surface area contributed by atoms with Gasteiger partial charge in [-0.15, -0.1) is 0 Å². The second-order valence-corrected chi connectivity index (χ2v) is 8.00. The van der Waals surface area contributed by atoms with Gasteiger partial charge in [0, 0.05) is 0 Å². The summed E-state index contributed by atoms with van der Waals surface area (Å²) in [6.07, 6.45) is 29.3. The predicted molar refractivity (Wildman–Crippen MR) is 114 cm³/mol. The smallest absolute Gasteiger partial charge is 0.0810 e. The van der Waals surface area contributed by atoms with Crippen molar-refractivity contribution in [3.8, 4) is 0 Å². The number of hydrogen-bond acceptors (Lipinski definition) is 2. The number of ether oxygens (including phenoxy) is 2. The Hall–Kier alpha value is -0.340. The highest BCUT2D eigenvalue weighted by atomic mass is 16.6. The molecule has 2 heterocycles. The van der Waals surface area contributed by atoms with Crippen LogP contribution in [-0.4, -0.2) is 25.9 Å². The van der Waals surface area contributed by atoms with Crippen molar-refractivity contribution in [2.45, 2.75) is 122 Å². The van der Waals surface area contributed by atoms with Crippen LogP contribution in [0.4, 0.5) is 0 Å². The minimum atomic E-state index is 0.651. The number of rotatable bonds is 13. The van der Waals surface area contributed by atoms with Crippen LogP contribution in [0.2, 0.25) is 0 Å². The molecule has 0 N–H and O–H groups in total. The first-order valence-corrected chi connectivity index (χ1v) is 11.8. The van der Waals surface area contributed by atoms with E-state index in [-0.39, 0.29) is 0 Å². The lowest BCUT2D eigenvalue weighted by Crippen LogP contribution is -1.86. The van der Waals surface area contributed by atoms with Gasteiger partial charge in [0.15, 0.2) is 0 Å². The molecule has 0 radical (unpaired) electrons. The minimum absolute atomic E-state index is 0.651. The van der Waals surface area contributed by atoms with Gasteiger partial charge in [-0.1, -0.05) is 96.1 Å². The van der Waals surface area contributed by atoms with Gasteiger partial charge in [0.2, 0.25) is 0 Å². The van der Waals surface area contributed by atoms with E-state index in [4.69, 9.17) is 4.74 Å². The van der Waals surface area contributed by atoms with Crippen molar-refractivity contribution in [3.05, 3.63) is 12.2 Å². The van der Waals surface area contributed by atoms with E-state index in [0.29, 0.717) is 6.10 Å². The van der Waals surface area contributed by atoms with Crippen molar-refractivity contribution in [1.82, 2.24) is 0 Å². The van der Waals surface area contributed by atoms with Crippen LogP contribution in [0.15, 0.2) is 12.2 Å². The highest BCUT2D eigenvalue weighted by Crippen LogP contribution is 2.18. The monoisotopic (exact) mass is 366 g/mol. The first kappa shape index (κ1) is 23.7. The maximum Gasteiger partial charge on any atom is 0.0810 e. The molecule has 1 unspecified atom stereocenters. The van der Waals surface area contributed by atoms with E-state index in [2.05, 4.69) is 23.8 Å². The standard InChI is InChI=1S/C16H32O.C6H10.C2H4O/c1-2-3-4-5-6-7-8-9-10-11-12-13-14-16-15-17-16;1-2-4-6-5-3-1;1-2-3-1/h16H,2-15H2,1H3;1-2H,3-6H2;1-2H2. The molecule has 0 spiro atoms. The van der Waals surface area contributed by atoms with Crippen LogP contribution in [0.1, 0.15) is 116 Å². The zero-order valence-electron chi connectivity index (χ0n) is 17.7. The van der Waals surface area contributed by atoms with Gasteiger partial charge < -0.3 is 9.47 Å². The summed E-state index contributed by atoms with van der Waals surface area (Å²) >= 11 is 0. The molecule has 2 fully saturated rings. The van der Waals surface area contributed by atoms with Gasteiger partial charge in [0.1, 0.15) is 0 Å². The summed E-state index contributed by atoms with van der Waals surface area (Å²) in [5.41, 5.74) is 0. The lowest BCUT2D eigenvalue weighted by atomic mass is 10.0. The molecule has 2 saturated heterocycles. The molecular weight excluding hydrogens is 320 g/mol. The van der Waals surface area contributed by atoms with Crippen LogP contribution in [-0.2, 0) is 9.47 Å². The Morgan fingerprint density at radius 1 is 0.692 bits per heavy atom. The first-order valence-electron chi connectivity index (χ1n) is 11.8. The van der Waals surface area contributed by atoms with Gasteiger partial charge in [-0.3, -0.25) is 0 Å². The lowest BCUT2D eigenvalue weighted by Gasteiger charge is -2.02. The average Bonchev–Trinajstić information content (AvgIpc) is 3.58. The predicted octanol–water partition coefficient (Wildman–Crippen LogP) is 7.61. The molecule has 2 aliphatic heterocycles. The Bertz CT molecular complexity index is 284. The summed E-state index contributed by atoms with van der Waals surface area (Å²) in [5, 5.41) is 0. The Morgan fingerprint density at radius 3 is 1.42 bits per heavy atom. The summed E-state index contributed by atoms with van der Waals surface area (Å²) in [5.74, 6) is 0. The molecule has 0 bridgehead atoms. The highest BCUT2D eigenvalue weighted by Gasteiger charge is 2.20. The number of hydrogen-bond donors (Lipinski definition) is 0. The largest absolute Gasteiger partial charge is 0.377 e. The lowest BCUT2D eigenvalue weighted by molar-refractivity contribution is 0.387. The summed E-state index contributed by atoms with van der Waals surface area (Å²) in [4.78, 5) is 0. The zero-order chi connectivity index (χ0) is 18.5. The Balaban J connectivity index is 0.000000302. The average molecular weight is 367 g/mol. The summed E-state index contributed by atoms with van der Waals surface area (Å²) < 4.78 is 9.71. The van der Waals surface area contributed by atoms with Gasteiger partial charge >= 0.3 is 0 Å². The molecule has 3 rings (SSSR count). The van der Waals surface area contributed by atoms with Crippen LogP contribution in [0.25, 0.3) is 0 Å². The van der Waals surface area contributed by atoms with Crippen LogP contribution in [0.3, 0.4) is 0 Å². The fourth-order valence-corrected chi connectivity index (χ4v) is 3.21. The van der Waals surface area contributed by atoms with E-state index < -0.39 is 0 Å². The third-order valence-corrected chi connectivity index (χ3v) is 5.14. The Labute approximate surface area is 164 Å². The first-order chi connectivity index (χ1) is 12.9. The molecule has 26 heavy (non-hydrogen) atoms. The molecule has 0 aromatic carbocycles. The van der Waals surface area contributed by atoms with Crippen molar-refractivity contribution < 1.29 is 9.47 Å². The number of epoxide rings is 2. The molecule has 2 nitrogen and oxygen atoms in total. The van der Waals surface area contributed by atoms with Crippen LogP contribution in [0, 0.1) is 0 Å². The van der Waals surface area contributed by atoms with Gasteiger partial charge in [-0.2, -0.15) is 0 Å². The number of unbranched alkanes of at least 4 members (excludes halogenated alkanes) is 11. The summed E-state index contributed by atoms with van der Waals surface area (Å²) in [6.45, 7) is 5.33.